The molecule has 0 radical (unpaired) electrons. The topological polar surface area (TPSA) is 0 Å². The molecule has 3 rings (SSSR count). The molecule has 0 N–H and O–H groups in total. The number of benzene rings is 2. The van der Waals surface area contributed by atoms with E-state index in [4.69, 9.17) is 0 Å². The molecule has 2 heteroatoms. The zero-order valence-corrected chi connectivity index (χ0v) is 13.3. The molecule has 17 heavy (non-hydrogen) atoms. The van der Waals surface area contributed by atoms with Gasteiger partial charge in [-0.2, -0.15) is 0 Å². The fraction of sp³-hybridized carbons (Fsp3) is 0.0667. The van der Waals surface area contributed by atoms with Crippen LogP contribution in [0.5, 0.6) is 0 Å². The van der Waals surface area contributed by atoms with E-state index in [1.165, 1.54) is 5.21 Å². The van der Waals surface area contributed by atoms with Crippen LogP contribution in [-0.4, -0.2) is 25.2 Å². The van der Waals surface area contributed by atoms with E-state index in [1.807, 2.05) is 0 Å². The van der Waals surface area contributed by atoms with Gasteiger partial charge in [-0.25, -0.2) is 0 Å². The molecule has 0 amide bonds. The van der Waals surface area contributed by atoms with E-state index in [0.29, 0.717) is 0 Å². The van der Waals surface area contributed by atoms with Crippen LogP contribution < -0.4 is 8.70 Å². The number of allylic oxidation sites excluding steroid dienone is 1. The summed E-state index contributed by atoms with van der Waals surface area (Å²) < 4.78 is 3.30. The van der Waals surface area contributed by atoms with Crippen LogP contribution in [0.25, 0.3) is 0 Å². The Hall–Kier alpha value is -0.703. The Kier molecular flexibility index (Phi) is 3.55. The van der Waals surface area contributed by atoms with Crippen molar-refractivity contribution in [3.8, 4) is 0 Å². The van der Waals surface area contributed by atoms with E-state index < -0.39 is 25.2 Å². The van der Waals surface area contributed by atoms with Gasteiger partial charge in [-0.3, -0.25) is 0 Å². The second kappa shape index (κ2) is 5.30. The van der Waals surface area contributed by atoms with E-state index >= 15 is 0 Å². The maximum atomic E-state index is 2.56. The second-order valence-electron chi connectivity index (χ2n) is 3.98. The van der Waals surface area contributed by atoms with E-state index in [1.54, 1.807) is 8.70 Å². The van der Waals surface area contributed by atoms with Crippen LogP contribution in [0, 0.1) is 0 Å². The molecule has 0 saturated heterocycles. The second-order valence-corrected chi connectivity index (χ2v) is 20.6. The van der Waals surface area contributed by atoms with Crippen LogP contribution in [0.4, 0.5) is 0 Å². The minimum absolute atomic E-state index is 0.821. The normalized spacial score (nSPS) is 22.8. The molecule has 0 aliphatic carbocycles. The van der Waals surface area contributed by atoms with Gasteiger partial charge in [-0.1, -0.05) is 0 Å². The fourth-order valence-electron chi connectivity index (χ4n) is 2.05. The summed E-state index contributed by atoms with van der Waals surface area (Å²) in [6.07, 6.45) is 2.44. The van der Waals surface area contributed by atoms with Crippen molar-refractivity contribution in [3.63, 3.8) is 0 Å². The summed E-state index contributed by atoms with van der Waals surface area (Å²) >= 11 is -1.71. The van der Waals surface area contributed by atoms with Gasteiger partial charge in [0.25, 0.3) is 0 Å². The molecule has 2 aromatic rings. The summed E-state index contributed by atoms with van der Waals surface area (Å²) in [7, 11) is 0. The first-order valence-corrected chi connectivity index (χ1v) is 15.3. The van der Waals surface area contributed by atoms with E-state index in [2.05, 4.69) is 71.6 Å². The first-order valence-electron chi connectivity index (χ1n) is 5.78. The van der Waals surface area contributed by atoms with Crippen molar-refractivity contribution >= 4 is 33.9 Å². The Morgan fingerprint density at radius 1 is 0.706 bits per heavy atom. The molecular formula is C15H14As2. The van der Waals surface area contributed by atoms with Crippen molar-refractivity contribution in [2.24, 2.45) is 0 Å². The number of hydrogen-bond acceptors (Lipinski definition) is 0. The monoisotopic (exact) mass is 344 g/mol. The van der Waals surface area contributed by atoms with E-state index in [-0.39, 0.29) is 0 Å². The fourth-order valence-corrected chi connectivity index (χ4v) is 23.2. The van der Waals surface area contributed by atoms with E-state index in [9.17, 15) is 0 Å². The van der Waals surface area contributed by atoms with Gasteiger partial charge >= 0.3 is 111 Å². The van der Waals surface area contributed by atoms with Crippen molar-refractivity contribution in [1.29, 1.82) is 0 Å². The molecule has 0 saturated carbocycles. The predicted octanol–water partition coefficient (Wildman–Crippen LogP) is 1.98. The Morgan fingerprint density at radius 3 is 1.94 bits per heavy atom. The van der Waals surface area contributed by atoms with Gasteiger partial charge in [0.15, 0.2) is 0 Å². The number of rotatable bonds is 2. The summed E-state index contributed by atoms with van der Waals surface area (Å²) in [6, 6.07) is 22.4. The van der Waals surface area contributed by atoms with Crippen LogP contribution in [0.2, 0.25) is 5.21 Å². The Bertz CT molecular complexity index is 505. The molecule has 0 nitrogen and oxygen atoms in total. The third-order valence-corrected chi connectivity index (χ3v) is 23.7. The summed E-state index contributed by atoms with van der Waals surface area (Å²) in [5.41, 5.74) is 0. The molecule has 2 aromatic carbocycles. The Morgan fingerprint density at radius 2 is 1.29 bits per heavy atom. The average molecular weight is 344 g/mol. The molecule has 1 aliphatic rings. The van der Waals surface area contributed by atoms with Crippen molar-refractivity contribution < 1.29 is 0 Å². The standard InChI is InChI=1S/C15H14As2/c1-3-8-14(9-4-1)16-12-7-13-17(16)15-10-5-2-6-11-15/h1-12H,13H2. The Balaban J connectivity index is 1.93. The van der Waals surface area contributed by atoms with Crippen molar-refractivity contribution in [1.82, 2.24) is 0 Å². The molecule has 1 heterocycles. The van der Waals surface area contributed by atoms with Gasteiger partial charge in [0.2, 0.25) is 0 Å². The third-order valence-electron chi connectivity index (χ3n) is 2.86. The van der Waals surface area contributed by atoms with Crippen LogP contribution in [0.15, 0.2) is 71.6 Å². The van der Waals surface area contributed by atoms with E-state index in [0.717, 1.165) is 0 Å². The van der Waals surface area contributed by atoms with Crippen LogP contribution in [0.3, 0.4) is 0 Å². The predicted molar refractivity (Wildman–Crippen MR) is 77.6 cm³/mol. The van der Waals surface area contributed by atoms with Crippen molar-refractivity contribution in [2.45, 2.75) is 5.21 Å². The van der Waals surface area contributed by atoms with Gasteiger partial charge in [-0.15, -0.1) is 0 Å². The Labute approximate surface area is 110 Å². The SMILES string of the molecule is C1=C[As](c2ccccc2)[As](c2ccccc2)C1. The number of hydrogen-bond donors (Lipinski definition) is 0. The summed E-state index contributed by atoms with van der Waals surface area (Å²) in [5.74, 6) is 0. The van der Waals surface area contributed by atoms with Crippen LogP contribution in [-0.2, 0) is 0 Å². The van der Waals surface area contributed by atoms with Gasteiger partial charge in [0, 0.05) is 0 Å². The van der Waals surface area contributed by atoms with Gasteiger partial charge in [0.1, 0.15) is 0 Å². The molecular weight excluding hydrogens is 330 g/mol. The van der Waals surface area contributed by atoms with Crippen LogP contribution >= 0.6 is 0 Å². The molecule has 84 valence electrons. The quantitative estimate of drug-likeness (QED) is 0.731. The van der Waals surface area contributed by atoms with Crippen LogP contribution in [0.1, 0.15) is 0 Å². The molecule has 1 aliphatic heterocycles. The molecule has 2 atom stereocenters. The first kappa shape index (κ1) is 11.4. The van der Waals surface area contributed by atoms with Crippen molar-refractivity contribution in [2.75, 3.05) is 0 Å². The minimum atomic E-state index is -0.891. The maximum absolute atomic E-state index is 2.56. The summed E-state index contributed by atoms with van der Waals surface area (Å²) in [6.45, 7) is 0. The van der Waals surface area contributed by atoms with Crippen molar-refractivity contribution in [3.05, 3.63) is 71.6 Å². The van der Waals surface area contributed by atoms with Gasteiger partial charge in [-0.05, 0) is 0 Å². The molecule has 2 unspecified atom stereocenters. The zero-order valence-electron chi connectivity index (χ0n) is 9.53. The molecule has 0 aromatic heterocycles. The van der Waals surface area contributed by atoms with Gasteiger partial charge < -0.3 is 0 Å². The summed E-state index contributed by atoms with van der Waals surface area (Å²) in [5, 5.41) is 1.37. The third kappa shape index (κ3) is 2.44. The zero-order chi connectivity index (χ0) is 11.5. The summed E-state index contributed by atoms with van der Waals surface area (Å²) in [4.78, 5) is 2.56. The average Bonchev–Trinajstić information content (AvgIpc) is 2.90. The first-order chi connectivity index (χ1) is 8.45. The van der Waals surface area contributed by atoms with Gasteiger partial charge in [0.05, 0.1) is 0 Å². The molecule has 0 bridgehead atoms. The molecule has 0 fully saturated rings. The molecule has 0 spiro atoms.